The molecule has 1 unspecified atom stereocenters. The third-order valence-corrected chi connectivity index (χ3v) is 5.00. The van der Waals surface area contributed by atoms with Crippen LogP contribution in [0, 0.1) is 13.8 Å². The number of H-pyrrole nitrogens is 1. The number of benzene rings is 1. The molecule has 4 rings (SSSR count). The van der Waals surface area contributed by atoms with Crippen LogP contribution in [0.15, 0.2) is 40.8 Å². The Hall–Kier alpha value is -3.46. The van der Waals surface area contributed by atoms with Crippen LogP contribution in [0.5, 0.6) is 0 Å². The normalized spacial score (nSPS) is 17.0. The zero-order valence-corrected chi connectivity index (χ0v) is 16.9. The van der Waals surface area contributed by atoms with Gasteiger partial charge in [-0.2, -0.15) is 5.10 Å². The molecule has 0 saturated carbocycles. The van der Waals surface area contributed by atoms with Crippen LogP contribution in [-0.4, -0.2) is 51.0 Å². The van der Waals surface area contributed by atoms with E-state index in [2.05, 4.69) is 25.8 Å². The minimum atomic E-state index is -0.542. The second-order valence-corrected chi connectivity index (χ2v) is 7.36. The lowest BCUT2D eigenvalue weighted by Gasteiger charge is -2.34. The van der Waals surface area contributed by atoms with E-state index in [1.54, 1.807) is 12.1 Å². The number of hydrogen-bond donors (Lipinski definition) is 3. The molecule has 0 spiro atoms. The summed E-state index contributed by atoms with van der Waals surface area (Å²) in [5, 5.41) is 12.6. The Morgan fingerprint density at radius 3 is 2.70 bits per heavy atom. The second-order valence-electron chi connectivity index (χ2n) is 7.36. The largest absolute Gasteiger partial charge is 0.465 e. The van der Waals surface area contributed by atoms with Crippen LogP contribution in [0.4, 0.5) is 5.69 Å². The van der Waals surface area contributed by atoms with Crippen LogP contribution < -0.4 is 10.6 Å². The van der Waals surface area contributed by atoms with Gasteiger partial charge < -0.3 is 15.1 Å². The van der Waals surface area contributed by atoms with Gasteiger partial charge in [0, 0.05) is 24.3 Å². The predicted molar refractivity (Wildman–Crippen MR) is 110 cm³/mol. The summed E-state index contributed by atoms with van der Waals surface area (Å²) in [6.45, 7) is 5.42. The molecular formula is C21H24N6O3. The number of aryl methyl sites for hydroxylation is 2. The van der Waals surface area contributed by atoms with Crippen molar-refractivity contribution in [1.29, 1.82) is 0 Å². The van der Waals surface area contributed by atoms with Crippen molar-refractivity contribution in [3.05, 3.63) is 53.7 Å². The number of piperazine rings is 1. The summed E-state index contributed by atoms with van der Waals surface area (Å²) in [6, 6.07) is 10.5. The van der Waals surface area contributed by atoms with E-state index in [1.165, 1.54) is 0 Å². The zero-order chi connectivity index (χ0) is 21.1. The number of amides is 2. The molecule has 9 nitrogen and oxygen atoms in total. The molecule has 1 fully saturated rings. The number of nitrogens with zero attached hydrogens (tertiary/aromatic N) is 3. The Morgan fingerprint density at radius 1 is 1.23 bits per heavy atom. The smallest absolute Gasteiger partial charge is 0.237 e. The van der Waals surface area contributed by atoms with Gasteiger partial charge in [0.1, 0.15) is 17.3 Å². The van der Waals surface area contributed by atoms with E-state index in [0.717, 1.165) is 22.9 Å². The molecule has 9 heteroatoms. The van der Waals surface area contributed by atoms with Crippen molar-refractivity contribution in [1.82, 2.24) is 25.4 Å². The van der Waals surface area contributed by atoms with E-state index in [4.69, 9.17) is 4.42 Å². The molecule has 0 aliphatic carbocycles. The standard InChI is InChI=1S/C21H24N6O3/c1-13-3-8-17(30-13)12-27-10-9-22-21(29)18(27)11-19(28)24-16-6-4-15(5-7-16)20-23-14(2)25-26-20/h3-8,18H,9-12H2,1-2H3,(H,22,29)(H,24,28)(H,23,25,26). The van der Waals surface area contributed by atoms with E-state index in [9.17, 15) is 9.59 Å². The molecule has 156 valence electrons. The van der Waals surface area contributed by atoms with E-state index in [0.29, 0.717) is 31.1 Å². The second kappa shape index (κ2) is 8.50. The van der Waals surface area contributed by atoms with Crippen LogP contribution in [0.2, 0.25) is 0 Å². The highest BCUT2D eigenvalue weighted by Crippen LogP contribution is 2.19. The molecule has 1 aliphatic heterocycles. The van der Waals surface area contributed by atoms with Gasteiger partial charge in [-0.05, 0) is 50.2 Å². The number of aromatic nitrogens is 3. The number of carbonyl (C=O) groups is 2. The van der Waals surface area contributed by atoms with E-state index in [1.807, 2.05) is 43.0 Å². The first kappa shape index (κ1) is 19.8. The molecule has 1 aromatic carbocycles. The monoisotopic (exact) mass is 408 g/mol. The third kappa shape index (κ3) is 4.57. The maximum Gasteiger partial charge on any atom is 0.237 e. The first-order valence-corrected chi connectivity index (χ1v) is 9.84. The molecule has 1 saturated heterocycles. The number of furan rings is 1. The lowest BCUT2D eigenvalue weighted by Crippen LogP contribution is -2.55. The summed E-state index contributed by atoms with van der Waals surface area (Å²) < 4.78 is 5.63. The summed E-state index contributed by atoms with van der Waals surface area (Å²) in [5.74, 6) is 2.58. The Morgan fingerprint density at radius 2 is 2.03 bits per heavy atom. The van der Waals surface area contributed by atoms with Crippen molar-refractivity contribution in [2.75, 3.05) is 18.4 Å². The van der Waals surface area contributed by atoms with Crippen molar-refractivity contribution in [3.63, 3.8) is 0 Å². The Kier molecular flexibility index (Phi) is 5.62. The molecule has 1 aliphatic rings. The average molecular weight is 408 g/mol. The predicted octanol–water partition coefficient (Wildman–Crippen LogP) is 2.01. The lowest BCUT2D eigenvalue weighted by molar-refractivity contribution is -0.132. The average Bonchev–Trinajstić information content (AvgIpc) is 3.33. The SMILES string of the molecule is Cc1nc(-c2ccc(NC(=O)CC3C(=O)NCCN3Cc3ccc(C)o3)cc2)n[nH]1. The summed E-state index contributed by atoms with van der Waals surface area (Å²) in [4.78, 5) is 31.3. The maximum absolute atomic E-state index is 12.6. The van der Waals surface area contributed by atoms with Crippen molar-refractivity contribution >= 4 is 17.5 Å². The number of aromatic amines is 1. The number of nitrogens with one attached hydrogen (secondary N) is 3. The molecule has 2 amide bonds. The van der Waals surface area contributed by atoms with Gasteiger partial charge in [-0.1, -0.05) is 0 Å². The Bertz CT molecular complexity index is 1040. The fraction of sp³-hybridized carbons (Fsp3) is 0.333. The summed E-state index contributed by atoms with van der Waals surface area (Å²) in [6.07, 6.45) is 0.0629. The van der Waals surface area contributed by atoms with Crippen molar-refractivity contribution in [2.45, 2.75) is 32.9 Å². The Balaban J connectivity index is 1.39. The van der Waals surface area contributed by atoms with Gasteiger partial charge in [0.25, 0.3) is 0 Å². The third-order valence-electron chi connectivity index (χ3n) is 5.00. The van der Waals surface area contributed by atoms with Gasteiger partial charge in [-0.3, -0.25) is 19.6 Å². The maximum atomic E-state index is 12.6. The van der Waals surface area contributed by atoms with Crippen molar-refractivity contribution in [2.24, 2.45) is 0 Å². The fourth-order valence-corrected chi connectivity index (χ4v) is 3.51. The summed E-state index contributed by atoms with van der Waals surface area (Å²) in [5.41, 5.74) is 1.50. The topological polar surface area (TPSA) is 116 Å². The van der Waals surface area contributed by atoms with Gasteiger partial charge in [-0.15, -0.1) is 0 Å². The highest BCUT2D eigenvalue weighted by molar-refractivity contribution is 5.95. The number of hydrogen-bond acceptors (Lipinski definition) is 6. The van der Waals surface area contributed by atoms with Gasteiger partial charge in [0.05, 0.1) is 19.0 Å². The van der Waals surface area contributed by atoms with Crippen LogP contribution >= 0.6 is 0 Å². The molecule has 3 N–H and O–H groups in total. The van der Waals surface area contributed by atoms with Crippen molar-refractivity contribution < 1.29 is 14.0 Å². The van der Waals surface area contributed by atoms with Crippen LogP contribution in [-0.2, 0) is 16.1 Å². The molecule has 0 radical (unpaired) electrons. The van der Waals surface area contributed by atoms with E-state index < -0.39 is 6.04 Å². The lowest BCUT2D eigenvalue weighted by atomic mass is 10.1. The van der Waals surface area contributed by atoms with Gasteiger partial charge >= 0.3 is 0 Å². The van der Waals surface area contributed by atoms with Gasteiger partial charge in [0.15, 0.2) is 5.82 Å². The number of anilines is 1. The van der Waals surface area contributed by atoms with E-state index >= 15 is 0 Å². The van der Waals surface area contributed by atoms with Crippen LogP contribution in [0.3, 0.4) is 0 Å². The quantitative estimate of drug-likeness (QED) is 0.575. The minimum Gasteiger partial charge on any atom is -0.465 e. The summed E-state index contributed by atoms with van der Waals surface area (Å²) in [7, 11) is 0. The number of rotatable bonds is 6. The molecule has 3 aromatic rings. The first-order valence-electron chi connectivity index (χ1n) is 9.84. The molecule has 30 heavy (non-hydrogen) atoms. The van der Waals surface area contributed by atoms with Crippen LogP contribution in [0.1, 0.15) is 23.8 Å². The molecule has 2 aromatic heterocycles. The molecule has 0 bridgehead atoms. The molecule has 3 heterocycles. The molecular weight excluding hydrogens is 384 g/mol. The fourth-order valence-electron chi connectivity index (χ4n) is 3.51. The number of carbonyl (C=O) groups excluding carboxylic acids is 2. The Labute approximate surface area is 173 Å². The van der Waals surface area contributed by atoms with Crippen molar-refractivity contribution in [3.8, 4) is 11.4 Å². The van der Waals surface area contributed by atoms with E-state index in [-0.39, 0.29) is 18.2 Å². The highest BCUT2D eigenvalue weighted by Gasteiger charge is 2.32. The minimum absolute atomic E-state index is 0.0629. The van der Waals surface area contributed by atoms with Gasteiger partial charge in [-0.25, -0.2) is 4.98 Å². The zero-order valence-electron chi connectivity index (χ0n) is 16.9. The van der Waals surface area contributed by atoms with Gasteiger partial charge in [0.2, 0.25) is 11.8 Å². The first-order chi connectivity index (χ1) is 14.5. The van der Waals surface area contributed by atoms with Crippen LogP contribution in [0.25, 0.3) is 11.4 Å². The molecule has 1 atom stereocenters. The summed E-state index contributed by atoms with van der Waals surface area (Å²) >= 11 is 0. The highest BCUT2D eigenvalue weighted by atomic mass is 16.3.